The van der Waals surface area contributed by atoms with Crippen molar-refractivity contribution in [1.29, 1.82) is 0 Å². The van der Waals surface area contributed by atoms with Crippen molar-refractivity contribution in [3.63, 3.8) is 0 Å². The van der Waals surface area contributed by atoms with Gasteiger partial charge in [0.05, 0.1) is 13.2 Å². The lowest BCUT2D eigenvalue weighted by molar-refractivity contribution is 0.00346. The van der Waals surface area contributed by atoms with Crippen LogP contribution in [0.15, 0.2) is 18.2 Å². The molecule has 1 rings (SSSR count). The van der Waals surface area contributed by atoms with Crippen molar-refractivity contribution in [3.05, 3.63) is 34.9 Å². The van der Waals surface area contributed by atoms with Gasteiger partial charge in [0.15, 0.2) is 0 Å². The standard InChI is InChI=1S/C12H19NO2/c1-10-4-5-12(8-11(10)2)9-13-15-7-6-14-3/h4-5,8,13H,6-7,9H2,1-3H3. The molecule has 0 saturated carbocycles. The Hall–Kier alpha value is -0.900. The SMILES string of the molecule is COCCONCc1ccc(C)c(C)c1. The van der Waals surface area contributed by atoms with Gasteiger partial charge < -0.3 is 4.74 Å². The molecule has 84 valence electrons. The molecular weight excluding hydrogens is 190 g/mol. The van der Waals surface area contributed by atoms with E-state index in [1.165, 1.54) is 16.7 Å². The maximum Gasteiger partial charge on any atom is 0.0916 e. The predicted molar refractivity (Wildman–Crippen MR) is 60.6 cm³/mol. The van der Waals surface area contributed by atoms with Gasteiger partial charge in [-0.25, -0.2) is 0 Å². The fourth-order valence-corrected chi connectivity index (χ4v) is 1.25. The largest absolute Gasteiger partial charge is 0.382 e. The molecule has 0 spiro atoms. The van der Waals surface area contributed by atoms with Crippen LogP contribution in [0.25, 0.3) is 0 Å². The summed E-state index contributed by atoms with van der Waals surface area (Å²) in [5, 5.41) is 0. The molecule has 0 atom stereocenters. The maximum absolute atomic E-state index is 5.17. The first-order valence-corrected chi connectivity index (χ1v) is 5.13. The molecule has 0 aliphatic heterocycles. The summed E-state index contributed by atoms with van der Waals surface area (Å²) in [6.07, 6.45) is 0. The van der Waals surface area contributed by atoms with Crippen LogP contribution in [0.3, 0.4) is 0 Å². The van der Waals surface area contributed by atoms with Gasteiger partial charge in [-0.15, -0.1) is 0 Å². The molecule has 0 heterocycles. The highest BCUT2D eigenvalue weighted by Crippen LogP contribution is 2.09. The number of aryl methyl sites for hydroxylation is 2. The van der Waals surface area contributed by atoms with Crippen molar-refractivity contribution in [2.75, 3.05) is 20.3 Å². The first-order valence-electron chi connectivity index (χ1n) is 5.13. The summed E-state index contributed by atoms with van der Waals surface area (Å²) in [7, 11) is 1.66. The Morgan fingerprint density at radius 2 is 1.93 bits per heavy atom. The summed E-state index contributed by atoms with van der Waals surface area (Å²) in [4.78, 5) is 5.17. The third-order valence-corrected chi connectivity index (χ3v) is 2.34. The molecule has 1 aromatic rings. The number of nitrogens with one attached hydrogen (secondary N) is 1. The van der Waals surface area contributed by atoms with E-state index in [0.717, 1.165) is 6.54 Å². The summed E-state index contributed by atoms with van der Waals surface area (Å²) in [5.74, 6) is 0. The molecule has 0 radical (unpaired) electrons. The number of ether oxygens (including phenoxy) is 1. The van der Waals surface area contributed by atoms with Crippen LogP contribution in [0.4, 0.5) is 0 Å². The Balaban J connectivity index is 2.28. The maximum atomic E-state index is 5.17. The summed E-state index contributed by atoms with van der Waals surface area (Å²) < 4.78 is 4.86. The van der Waals surface area contributed by atoms with E-state index in [1.807, 2.05) is 0 Å². The van der Waals surface area contributed by atoms with E-state index in [4.69, 9.17) is 9.57 Å². The van der Waals surface area contributed by atoms with Crippen LogP contribution >= 0.6 is 0 Å². The quantitative estimate of drug-likeness (QED) is 0.574. The minimum absolute atomic E-state index is 0.571. The molecule has 1 aromatic carbocycles. The third-order valence-electron chi connectivity index (χ3n) is 2.34. The molecule has 1 N–H and O–H groups in total. The zero-order chi connectivity index (χ0) is 11.1. The van der Waals surface area contributed by atoms with Gasteiger partial charge in [-0.3, -0.25) is 4.84 Å². The van der Waals surface area contributed by atoms with Crippen molar-refractivity contribution in [2.45, 2.75) is 20.4 Å². The van der Waals surface area contributed by atoms with Gasteiger partial charge >= 0.3 is 0 Å². The van der Waals surface area contributed by atoms with Gasteiger partial charge in [0.2, 0.25) is 0 Å². The lowest BCUT2D eigenvalue weighted by atomic mass is 10.1. The van der Waals surface area contributed by atoms with E-state index in [2.05, 4.69) is 37.5 Å². The molecule has 0 fully saturated rings. The number of rotatable bonds is 6. The van der Waals surface area contributed by atoms with E-state index in [-0.39, 0.29) is 0 Å². The van der Waals surface area contributed by atoms with Gasteiger partial charge in [-0.05, 0) is 30.5 Å². The molecule has 0 unspecified atom stereocenters. The van der Waals surface area contributed by atoms with Crippen molar-refractivity contribution >= 4 is 0 Å². The van der Waals surface area contributed by atoms with Crippen LogP contribution in [0.2, 0.25) is 0 Å². The number of hydrogen-bond donors (Lipinski definition) is 1. The van der Waals surface area contributed by atoms with Crippen LogP contribution in [0.1, 0.15) is 16.7 Å². The molecule has 0 aliphatic carbocycles. The average Bonchev–Trinajstić information content (AvgIpc) is 2.23. The van der Waals surface area contributed by atoms with E-state index in [0.29, 0.717) is 13.2 Å². The molecular formula is C12H19NO2. The molecule has 0 bridgehead atoms. The van der Waals surface area contributed by atoms with Crippen LogP contribution in [-0.2, 0) is 16.1 Å². The smallest absolute Gasteiger partial charge is 0.0916 e. The molecule has 0 amide bonds. The fourth-order valence-electron chi connectivity index (χ4n) is 1.25. The molecule has 15 heavy (non-hydrogen) atoms. The minimum Gasteiger partial charge on any atom is -0.382 e. The van der Waals surface area contributed by atoms with Crippen LogP contribution < -0.4 is 5.48 Å². The minimum atomic E-state index is 0.571. The van der Waals surface area contributed by atoms with Crippen LogP contribution in [0.5, 0.6) is 0 Å². The molecule has 3 nitrogen and oxygen atoms in total. The molecule has 0 saturated heterocycles. The predicted octanol–water partition coefficient (Wildman–Crippen LogP) is 1.97. The molecule has 3 heteroatoms. The highest BCUT2D eigenvalue weighted by molar-refractivity contribution is 5.29. The van der Waals surface area contributed by atoms with Crippen LogP contribution in [0, 0.1) is 13.8 Å². The van der Waals surface area contributed by atoms with E-state index in [1.54, 1.807) is 7.11 Å². The van der Waals surface area contributed by atoms with Crippen molar-refractivity contribution in [3.8, 4) is 0 Å². The van der Waals surface area contributed by atoms with Gasteiger partial charge in [0.25, 0.3) is 0 Å². The van der Waals surface area contributed by atoms with Crippen molar-refractivity contribution in [1.82, 2.24) is 5.48 Å². The average molecular weight is 209 g/mol. The second-order valence-corrected chi connectivity index (χ2v) is 3.58. The van der Waals surface area contributed by atoms with Crippen molar-refractivity contribution < 1.29 is 9.57 Å². The monoisotopic (exact) mass is 209 g/mol. The Morgan fingerprint density at radius 3 is 2.60 bits per heavy atom. The van der Waals surface area contributed by atoms with Gasteiger partial charge in [0, 0.05) is 13.7 Å². The molecule has 0 aliphatic rings. The highest BCUT2D eigenvalue weighted by Gasteiger charge is 1.96. The Bertz CT molecular complexity index is 300. The first kappa shape index (κ1) is 12.2. The van der Waals surface area contributed by atoms with E-state index < -0.39 is 0 Å². The summed E-state index contributed by atoms with van der Waals surface area (Å²) >= 11 is 0. The number of methoxy groups -OCH3 is 1. The fraction of sp³-hybridized carbons (Fsp3) is 0.500. The topological polar surface area (TPSA) is 30.5 Å². The third kappa shape index (κ3) is 4.42. The normalized spacial score (nSPS) is 10.6. The number of benzene rings is 1. The van der Waals surface area contributed by atoms with E-state index in [9.17, 15) is 0 Å². The zero-order valence-electron chi connectivity index (χ0n) is 9.67. The van der Waals surface area contributed by atoms with Gasteiger partial charge in [0.1, 0.15) is 0 Å². The highest BCUT2D eigenvalue weighted by atomic mass is 16.7. The van der Waals surface area contributed by atoms with Gasteiger partial charge in [-0.2, -0.15) is 5.48 Å². The Kier molecular flexibility index (Phi) is 5.32. The molecule has 0 aromatic heterocycles. The second-order valence-electron chi connectivity index (χ2n) is 3.58. The number of hydrogen-bond acceptors (Lipinski definition) is 3. The number of hydroxylamine groups is 1. The lowest BCUT2D eigenvalue weighted by Gasteiger charge is -2.07. The van der Waals surface area contributed by atoms with Crippen molar-refractivity contribution in [2.24, 2.45) is 0 Å². The van der Waals surface area contributed by atoms with Gasteiger partial charge in [-0.1, -0.05) is 18.2 Å². The van der Waals surface area contributed by atoms with Crippen LogP contribution in [-0.4, -0.2) is 20.3 Å². The zero-order valence-corrected chi connectivity index (χ0v) is 9.67. The first-order chi connectivity index (χ1) is 7.24. The Labute approximate surface area is 91.4 Å². The lowest BCUT2D eigenvalue weighted by Crippen LogP contribution is -2.17. The summed E-state index contributed by atoms with van der Waals surface area (Å²) in [6, 6.07) is 6.40. The van der Waals surface area contributed by atoms with E-state index >= 15 is 0 Å². The second kappa shape index (κ2) is 6.56. The Morgan fingerprint density at radius 1 is 1.13 bits per heavy atom. The summed E-state index contributed by atoms with van der Waals surface area (Å²) in [5.41, 5.74) is 6.76. The summed E-state index contributed by atoms with van der Waals surface area (Å²) in [6.45, 7) is 6.14.